The number of anilines is 2. The molecule has 0 bridgehead atoms. The van der Waals surface area contributed by atoms with Crippen LogP contribution in [-0.2, 0) is 6.54 Å². The van der Waals surface area contributed by atoms with Gasteiger partial charge in [0.15, 0.2) is 11.2 Å². The zero-order chi connectivity index (χ0) is 27.6. The molecule has 7 rings (SSSR count). The molecule has 4 N–H and O–H groups in total. The van der Waals surface area contributed by atoms with Crippen LogP contribution in [0.4, 0.5) is 15.3 Å². The Balaban J connectivity index is 1.30. The van der Waals surface area contributed by atoms with Crippen molar-refractivity contribution in [3.05, 3.63) is 35.4 Å². The number of thiophene rings is 1. The van der Waals surface area contributed by atoms with E-state index in [1.165, 1.54) is 6.07 Å². The molecule has 0 radical (unpaired) electrons. The van der Waals surface area contributed by atoms with Crippen LogP contribution in [0.3, 0.4) is 0 Å². The minimum Gasteiger partial charge on any atom is -0.474 e. The van der Waals surface area contributed by atoms with E-state index in [9.17, 15) is 19.9 Å². The van der Waals surface area contributed by atoms with E-state index in [0.717, 1.165) is 50.1 Å². The molecule has 3 saturated heterocycles. The number of aliphatic hydroxyl groups excluding tert-OH is 2. The van der Waals surface area contributed by atoms with Crippen molar-refractivity contribution in [2.75, 3.05) is 43.4 Å². The van der Waals surface area contributed by atoms with Crippen LogP contribution in [0.25, 0.3) is 21.3 Å². The number of nitrogen functional groups attached to an aromatic ring is 1. The SMILES string of the molecule is N#Cc1c(N)sc2c(F)ccc(Cn3cnc4c(OCC56CCCN5CCC6)nc(N5C[C@@H](O)[C@@H](O)C5)nc43)c12. The number of imidazole rings is 1. The molecule has 3 aliphatic heterocycles. The number of rotatable bonds is 6. The normalized spacial score (nSPS) is 22.4. The molecule has 1 aromatic carbocycles. The molecule has 0 saturated carbocycles. The first-order valence-corrected chi connectivity index (χ1v) is 14.3. The Labute approximate surface area is 233 Å². The molecule has 208 valence electrons. The summed E-state index contributed by atoms with van der Waals surface area (Å²) in [7, 11) is 0. The van der Waals surface area contributed by atoms with Gasteiger partial charge in [0.05, 0.1) is 40.9 Å². The van der Waals surface area contributed by atoms with Gasteiger partial charge in [-0.3, -0.25) is 4.90 Å². The maximum Gasteiger partial charge on any atom is 0.247 e. The Morgan fingerprint density at radius 3 is 2.65 bits per heavy atom. The Hall–Kier alpha value is -3.57. The molecule has 6 heterocycles. The molecule has 13 heteroatoms. The van der Waals surface area contributed by atoms with E-state index in [2.05, 4.69) is 16.0 Å². The zero-order valence-corrected chi connectivity index (χ0v) is 22.6. The van der Waals surface area contributed by atoms with Crippen molar-refractivity contribution in [1.29, 1.82) is 5.26 Å². The number of aromatic nitrogens is 4. The Morgan fingerprint density at radius 2 is 1.93 bits per heavy atom. The number of fused-ring (bicyclic) bond motifs is 3. The third kappa shape index (κ3) is 3.97. The molecule has 2 atom stereocenters. The molecule has 11 nitrogen and oxygen atoms in total. The average molecular weight is 565 g/mol. The first-order valence-electron chi connectivity index (χ1n) is 13.5. The quantitative estimate of drug-likeness (QED) is 0.318. The number of hydrogen-bond acceptors (Lipinski definition) is 11. The molecule has 3 aromatic heterocycles. The van der Waals surface area contributed by atoms with E-state index in [4.69, 9.17) is 20.4 Å². The average Bonchev–Trinajstić information content (AvgIpc) is 3.74. The van der Waals surface area contributed by atoms with Crippen molar-refractivity contribution in [3.8, 4) is 11.9 Å². The second-order valence-electron chi connectivity index (χ2n) is 11.0. The third-order valence-electron chi connectivity index (χ3n) is 8.61. The summed E-state index contributed by atoms with van der Waals surface area (Å²) in [5, 5.41) is 30.8. The fourth-order valence-electron chi connectivity index (χ4n) is 6.54. The van der Waals surface area contributed by atoms with Crippen molar-refractivity contribution in [1.82, 2.24) is 24.4 Å². The highest BCUT2D eigenvalue weighted by atomic mass is 32.1. The standard InChI is InChI=1S/C27H29FN8O3S/c28-17-4-3-15(20-16(9-29)23(30)40-22(17)20)10-35-14-31-21-24(35)32-26(34-11-18(37)19(38)12-34)33-25(21)39-13-27-5-1-7-36(27)8-2-6-27/h3-4,14,18-19,37-38H,1-2,5-8,10-13,30H2/t18-,19+. The summed E-state index contributed by atoms with van der Waals surface area (Å²) in [4.78, 5) is 18.3. The number of ether oxygens (including phenoxy) is 1. The Morgan fingerprint density at radius 1 is 1.18 bits per heavy atom. The monoisotopic (exact) mass is 564 g/mol. The van der Waals surface area contributed by atoms with Crippen molar-refractivity contribution in [3.63, 3.8) is 0 Å². The van der Waals surface area contributed by atoms with Crippen LogP contribution in [-0.4, -0.2) is 85.2 Å². The van der Waals surface area contributed by atoms with Gasteiger partial charge < -0.3 is 30.2 Å². The summed E-state index contributed by atoms with van der Waals surface area (Å²) in [6.07, 6.45) is 4.29. The van der Waals surface area contributed by atoms with Gasteiger partial charge in [-0.25, -0.2) is 9.37 Å². The minimum absolute atomic E-state index is 0.00628. The molecular formula is C27H29FN8O3S. The highest BCUT2D eigenvalue weighted by Gasteiger charge is 2.45. The van der Waals surface area contributed by atoms with Crippen LogP contribution in [0.15, 0.2) is 18.5 Å². The number of aliphatic hydroxyl groups is 2. The molecular weight excluding hydrogens is 535 g/mol. The predicted molar refractivity (Wildman–Crippen MR) is 148 cm³/mol. The third-order valence-corrected chi connectivity index (χ3v) is 9.63. The van der Waals surface area contributed by atoms with Gasteiger partial charge in [0, 0.05) is 18.5 Å². The number of halogens is 1. The van der Waals surface area contributed by atoms with Gasteiger partial charge in [0.25, 0.3) is 0 Å². The number of nitriles is 1. The second-order valence-corrected chi connectivity index (χ2v) is 12.0. The fraction of sp³-hybridized carbons (Fsp3) is 0.481. The van der Waals surface area contributed by atoms with Gasteiger partial charge in [0.2, 0.25) is 11.8 Å². The highest BCUT2D eigenvalue weighted by molar-refractivity contribution is 7.23. The van der Waals surface area contributed by atoms with Gasteiger partial charge in [0.1, 0.15) is 23.5 Å². The maximum atomic E-state index is 14.6. The molecule has 0 unspecified atom stereocenters. The molecule has 0 amide bonds. The lowest BCUT2D eigenvalue weighted by atomic mass is 9.95. The summed E-state index contributed by atoms with van der Waals surface area (Å²) in [5.74, 6) is 0.254. The van der Waals surface area contributed by atoms with Crippen LogP contribution in [0.5, 0.6) is 5.88 Å². The van der Waals surface area contributed by atoms with E-state index >= 15 is 0 Å². The lowest BCUT2D eigenvalue weighted by molar-refractivity contribution is 0.0572. The number of nitrogens with two attached hydrogens (primary N) is 1. The highest BCUT2D eigenvalue weighted by Crippen LogP contribution is 2.40. The minimum atomic E-state index is -0.904. The predicted octanol–water partition coefficient (Wildman–Crippen LogP) is 2.23. The number of hydrogen-bond donors (Lipinski definition) is 3. The van der Waals surface area contributed by atoms with E-state index in [0.29, 0.717) is 45.2 Å². The first-order chi connectivity index (χ1) is 19.4. The van der Waals surface area contributed by atoms with Crippen LogP contribution in [0.2, 0.25) is 0 Å². The van der Waals surface area contributed by atoms with Gasteiger partial charge in [-0.15, -0.1) is 11.3 Å². The number of nitrogens with zero attached hydrogens (tertiary/aromatic N) is 7. The lowest BCUT2D eigenvalue weighted by Gasteiger charge is -2.31. The summed E-state index contributed by atoms with van der Waals surface area (Å²) in [6, 6.07) is 5.15. The summed E-state index contributed by atoms with van der Waals surface area (Å²) in [6.45, 7) is 3.30. The van der Waals surface area contributed by atoms with Crippen molar-refractivity contribution < 1.29 is 19.3 Å². The van der Waals surface area contributed by atoms with Crippen LogP contribution in [0, 0.1) is 17.1 Å². The molecule has 0 spiro atoms. The topological polar surface area (TPSA) is 150 Å². The molecule has 0 aliphatic carbocycles. The molecule has 4 aromatic rings. The van der Waals surface area contributed by atoms with E-state index < -0.39 is 18.0 Å². The smallest absolute Gasteiger partial charge is 0.247 e. The summed E-state index contributed by atoms with van der Waals surface area (Å²) in [5.41, 5.74) is 8.01. The lowest BCUT2D eigenvalue weighted by Crippen LogP contribution is -2.43. The molecule has 40 heavy (non-hydrogen) atoms. The number of β-amino-alcohol motifs (C(OH)–C–C–N with tert-alkyl or cyclic N) is 2. The van der Waals surface area contributed by atoms with Gasteiger partial charge in [-0.1, -0.05) is 6.07 Å². The fourth-order valence-corrected chi connectivity index (χ4v) is 7.51. The Kier molecular flexibility index (Phi) is 6.04. The van der Waals surface area contributed by atoms with E-state index in [1.54, 1.807) is 17.3 Å². The molecule has 3 aliphatic rings. The Bertz CT molecular complexity index is 1650. The van der Waals surface area contributed by atoms with Gasteiger partial charge >= 0.3 is 0 Å². The van der Waals surface area contributed by atoms with Crippen LogP contribution < -0.4 is 15.4 Å². The van der Waals surface area contributed by atoms with Gasteiger partial charge in [-0.2, -0.15) is 15.2 Å². The number of benzene rings is 1. The molecule has 3 fully saturated rings. The van der Waals surface area contributed by atoms with Crippen LogP contribution in [0.1, 0.15) is 36.8 Å². The van der Waals surface area contributed by atoms with Crippen molar-refractivity contribution >= 4 is 43.5 Å². The van der Waals surface area contributed by atoms with Gasteiger partial charge in [-0.05, 0) is 50.4 Å². The zero-order valence-electron chi connectivity index (χ0n) is 21.8. The largest absolute Gasteiger partial charge is 0.474 e. The van der Waals surface area contributed by atoms with Crippen molar-refractivity contribution in [2.24, 2.45) is 0 Å². The van der Waals surface area contributed by atoms with E-state index in [1.807, 2.05) is 4.57 Å². The second kappa shape index (κ2) is 9.52. The van der Waals surface area contributed by atoms with E-state index in [-0.39, 0.29) is 35.7 Å². The maximum absolute atomic E-state index is 14.6. The first kappa shape index (κ1) is 25.4. The van der Waals surface area contributed by atoms with Crippen LogP contribution >= 0.6 is 11.3 Å². The summed E-state index contributed by atoms with van der Waals surface area (Å²) < 4.78 is 23.2. The van der Waals surface area contributed by atoms with Crippen molar-refractivity contribution in [2.45, 2.75) is 50.0 Å². The summed E-state index contributed by atoms with van der Waals surface area (Å²) >= 11 is 1.06.